The molecule has 0 spiro atoms. The van der Waals surface area contributed by atoms with Gasteiger partial charge in [0.05, 0.1) is 28.3 Å². The zero-order valence-electron chi connectivity index (χ0n) is 18.5. The van der Waals surface area contributed by atoms with Gasteiger partial charge in [-0.25, -0.2) is 14.2 Å². The van der Waals surface area contributed by atoms with E-state index in [1.165, 1.54) is 16.8 Å². The van der Waals surface area contributed by atoms with Crippen molar-refractivity contribution in [1.82, 2.24) is 19.6 Å². The molecule has 0 unspecified atom stereocenters. The maximum atomic E-state index is 12.9. The maximum absolute atomic E-state index is 12.9. The number of aromatic amines is 2. The van der Waals surface area contributed by atoms with Gasteiger partial charge in [0.2, 0.25) is 0 Å². The highest BCUT2D eigenvalue weighted by atomic mass is 16.4. The number of aromatic carboxylic acids is 1. The van der Waals surface area contributed by atoms with Gasteiger partial charge in [0, 0.05) is 0 Å². The third-order valence-corrected chi connectivity index (χ3v) is 5.45. The summed E-state index contributed by atoms with van der Waals surface area (Å²) in [6.07, 6.45) is 0. The summed E-state index contributed by atoms with van der Waals surface area (Å²) >= 11 is 0. The first-order valence-corrected chi connectivity index (χ1v) is 10.1. The van der Waals surface area contributed by atoms with Crippen LogP contribution in [0.15, 0.2) is 62.3 Å². The van der Waals surface area contributed by atoms with Crippen molar-refractivity contribution in [2.24, 2.45) is 10.2 Å². The molecule has 0 radical (unpaired) electrons. The predicted molar refractivity (Wildman–Crippen MR) is 123 cm³/mol. The predicted octanol–water partition coefficient (Wildman–Crippen LogP) is 3.99. The van der Waals surface area contributed by atoms with E-state index in [4.69, 9.17) is 0 Å². The van der Waals surface area contributed by atoms with Crippen molar-refractivity contribution < 1.29 is 9.90 Å². The van der Waals surface area contributed by atoms with Crippen molar-refractivity contribution >= 4 is 17.3 Å². The van der Waals surface area contributed by atoms with Crippen molar-refractivity contribution in [3.8, 4) is 11.4 Å². The first kappa shape index (κ1) is 21.8. The van der Waals surface area contributed by atoms with Crippen molar-refractivity contribution in [2.45, 2.75) is 27.7 Å². The fourth-order valence-electron chi connectivity index (χ4n) is 3.48. The van der Waals surface area contributed by atoms with Crippen molar-refractivity contribution in [3.05, 3.63) is 91.3 Å². The van der Waals surface area contributed by atoms with Gasteiger partial charge < -0.3 is 5.11 Å². The summed E-state index contributed by atoms with van der Waals surface area (Å²) in [7, 11) is 0. The van der Waals surface area contributed by atoms with Crippen LogP contribution in [0.3, 0.4) is 0 Å². The second-order valence-electron chi connectivity index (χ2n) is 7.74. The fraction of sp³-hybridized carbons (Fsp3) is 0.174. The molecule has 2 aromatic carbocycles. The minimum absolute atomic E-state index is 0.0204. The Morgan fingerprint density at radius 3 is 2.00 bits per heavy atom. The highest BCUT2D eigenvalue weighted by Crippen LogP contribution is 2.21. The standard InChI is InChI=1S/C23H22N6O4/c1-12-9-10-16(11-13(12)2)28-21(30)19(14(3)26-28)24-25-20-15(4)27-29(22(20)31)18-8-6-5-7-17(18)23(32)33/h5-11,26-27H,1-4H3,(H,32,33). The molecular weight excluding hydrogens is 424 g/mol. The summed E-state index contributed by atoms with van der Waals surface area (Å²) < 4.78 is 2.48. The molecule has 0 aliphatic rings. The molecule has 168 valence electrons. The van der Waals surface area contributed by atoms with E-state index in [9.17, 15) is 19.5 Å². The van der Waals surface area contributed by atoms with Gasteiger partial charge in [-0.05, 0) is 63.1 Å². The maximum Gasteiger partial charge on any atom is 0.337 e. The SMILES string of the molecule is Cc1ccc(-n2[nH]c(C)c(N=Nc3c(C)[nH]n(-c4ccccc4C(=O)O)c3=O)c2=O)cc1C. The number of carboxylic acid groups (broad SMARTS) is 1. The van der Waals surface area contributed by atoms with Crippen LogP contribution < -0.4 is 11.1 Å². The largest absolute Gasteiger partial charge is 0.478 e. The molecule has 0 aliphatic carbocycles. The first-order valence-electron chi connectivity index (χ1n) is 10.1. The Kier molecular flexibility index (Phi) is 5.42. The van der Waals surface area contributed by atoms with E-state index in [0.29, 0.717) is 17.1 Å². The van der Waals surface area contributed by atoms with Crippen LogP contribution in [0.5, 0.6) is 0 Å². The molecule has 2 heterocycles. The third kappa shape index (κ3) is 3.82. The van der Waals surface area contributed by atoms with Crippen LogP contribution in [-0.4, -0.2) is 30.6 Å². The quantitative estimate of drug-likeness (QED) is 0.399. The van der Waals surface area contributed by atoms with Gasteiger partial charge in [-0.2, -0.15) is 0 Å². The molecule has 4 aromatic rings. The van der Waals surface area contributed by atoms with E-state index < -0.39 is 17.1 Å². The summed E-state index contributed by atoms with van der Waals surface area (Å²) in [5.74, 6) is -1.16. The number of hydrogen-bond donors (Lipinski definition) is 3. The zero-order chi connectivity index (χ0) is 23.9. The van der Waals surface area contributed by atoms with Gasteiger partial charge in [0.15, 0.2) is 11.4 Å². The summed E-state index contributed by atoms with van der Waals surface area (Å²) in [5, 5.41) is 23.3. The number of carboxylic acids is 1. The van der Waals surface area contributed by atoms with Crippen molar-refractivity contribution in [2.75, 3.05) is 0 Å². The lowest BCUT2D eigenvalue weighted by Gasteiger charge is -2.05. The van der Waals surface area contributed by atoms with E-state index in [1.807, 2.05) is 32.0 Å². The summed E-state index contributed by atoms with van der Waals surface area (Å²) in [6, 6.07) is 11.8. The van der Waals surface area contributed by atoms with Crippen LogP contribution in [-0.2, 0) is 0 Å². The minimum Gasteiger partial charge on any atom is -0.478 e. The number of aromatic nitrogens is 4. The number of nitrogens with one attached hydrogen (secondary N) is 2. The van der Waals surface area contributed by atoms with Gasteiger partial charge in [-0.3, -0.25) is 19.8 Å². The molecule has 10 heteroatoms. The second-order valence-corrected chi connectivity index (χ2v) is 7.74. The Labute approximate surface area is 187 Å². The van der Waals surface area contributed by atoms with Crippen LogP contribution in [0.1, 0.15) is 32.9 Å². The topological polar surface area (TPSA) is 138 Å². The molecule has 33 heavy (non-hydrogen) atoms. The summed E-state index contributed by atoms with van der Waals surface area (Å²) in [4.78, 5) is 37.4. The normalized spacial score (nSPS) is 11.4. The number of para-hydroxylation sites is 1. The van der Waals surface area contributed by atoms with E-state index >= 15 is 0 Å². The molecule has 0 fully saturated rings. The number of carbonyl (C=O) groups is 1. The third-order valence-electron chi connectivity index (χ3n) is 5.45. The number of azo groups is 1. The summed E-state index contributed by atoms with van der Waals surface area (Å²) in [5.41, 5.74) is 2.90. The molecule has 4 rings (SSSR count). The second kappa shape index (κ2) is 8.23. The van der Waals surface area contributed by atoms with Crippen LogP contribution in [0, 0.1) is 27.7 Å². The summed E-state index contributed by atoms with van der Waals surface area (Å²) in [6.45, 7) is 7.26. The Morgan fingerprint density at radius 1 is 0.818 bits per heavy atom. The van der Waals surface area contributed by atoms with Crippen LogP contribution in [0.25, 0.3) is 11.4 Å². The molecule has 0 aliphatic heterocycles. The van der Waals surface area contributed by atoms with Gasteiger partial charge in [-0.1, -0.05) is 18.2 Å². The molecular formula is C23H22N6O4. The number of benzene rings is 2. The van der Waals surface area contributed by atoms with E-state index in [-0.39, 0.29) is 22.6 Å². The number of hydrogen-bond acceptors (Lipinski definition) is 5. The Bertz CT molecular complexity index is 1530. The molecule has 10 nitrogen and oxygen atoms in total. The number of aryl methyl sites for hydroxylation is 4. The Morgan fingerprint density at radius 2 is 1.39 bits per heavy atom. The monoisotopic (exact) mass is 446 g/mol. The molecule has 0 bridgehead atoms. The van der Waals surface area contributed by atoms with Gasteiger partial charge in [0.1, 0.15) is 0 Å². The molecule has 2 aromatic heterocycles. The number of nitrogens with zero attached hydrogens (tertiary/aromatic N) is 4. The van der Waals surface area contributed by atoms with Crippen LogP contribution in [0.2, 0.25) is 0 Å². The highest BCUT2D eigenvalue weighted by Gasteiger charge is 2.18. The van der Waals surface area contributed by atoms with Gasteiger partial charge >= 0.3 is 5.97 Å². The highest BCUT2D eigenvalue weighted by molar-refractivity contribution is 5.91. The average Bonchev–Trinajstić information content (AvgIpc) is 3.23. The van der Waals surface area contributed by atoms with Crippen LogP contribution >= 0.6 is 0 Å². The molecule has 0 atom stereocenters. The number of rotatable bonds is 5. The number of H-pyrrole nitrogens is 2. The van der Waals surface area contributed by atoms with Crippen molar-refractivity contribution in [3.63, 3.8) is 0 Å². The first-order chi connectivity index (χ1) is 15.7. The molecule has 0 amide bonds. The smallest absolute Gasteiger partial charge is 0.337 e. The Balaban J connectivity index is 1.75. The average molecular weight is 446 g/mol. The van der Waals surface area contributed by atoms with E-state index in [2.05, 4.69) is 20.4 Å². The zero-order valence-corrected chi connectivity index (χ0v) is 18.5. The minimum atomic E-state index is -1.16. The van der Waals surface area contributed by atoms with Gasteiger partial charge in [0.25, 0.3) is 11.1 Å². The molecule has 0 saturated carbocycles. The van der Waals surface area contributed by atoms with Crippen LogP contribution in [0.4, 0.5) is 11.4 Å². The lowest BCUT2D eigenvalue weighted by atomic mass is 10.1. The van der Waals surface area contributed by atoms with Crippen molar-refractivity contribution in [1.29, 1.82) is 0 Å². The molecule has 3 N–H and O–H groups in total. The Hall–Kier alpha value is -4.47. The lowest BCUT2D eigenvalue weighted by Crippen LogP contribution is -2.17. The lowest BCUT2D eigenvalue weighted by molar-refractivity contribution is 0.0696. The molecule has 0 saturated heterocycles. The fourth-order valence-corrected chi connectivity index (χ4v) is 3.48. The van der Waals surface area contributed by atoms with E-state index in [1.54, 1.807) is 26.0 Å². The van der Waals surface area contributed by atoms with E-state index in [0.717, 1.165) is 15.8 Å². The van der Waals surface area contributed by atoms with Gasteiger partial charge in [-0.15, -0.1) is 10.2 Å².